The van der Waals surface area contributed by atoms with Gasteiger partial charge in [0.15, 0.2) is 0 Å². The highest BCUT2D eigenvalue weighted by atomic mass is 16.4. The number of rotatable bonds is 6. The van der Waals surface area contributed by atoms with Crippen LogP contribution in [0.2, 0.25) is 0 Å². The van der Waals surface area contributed by atoms with Gasteiger partial charge in [0, 0.05) is 18.1 Å². The quantitative estimate of drug-likeness (QED) is 0.836. The Labute approximate surface area is 112 Å². The molecule has 19 heavy (non-hydrogen) atoms. The van der Waals surface area contributed by atoms with Gasteiger partial charge in [0.05, 0.1) is 5.52 Å². The van der Waals surface area contributed by atoms with Crippen LogP contribution in [0.1, 0.15) is 25.3 Å². The van der Waals surface area contributed by atoms with E-state index >= 15 is 0 Å². The average molecular weight is 258 g/mol. The van der Waals surface area contributed by atoms with E-state index in [1.807, 2.05) is 37.3 Å². The zero-order chi connectivity index (χ0) is 13.7. The van der Waals surface area contributed by atoms with Crippen molar-refractivity contribution in [2.24, 2.45) is 0 Å². The van der Waals surface area contributed by atoms with Gasteiger partial charge in [-0.15, -0.1) is 0 Å². The molecule has 4 heteroatoms. The molecule has 0 aliphatic heterocycles. The molecule has 0 saturated heterocycles. The summed E-state index contributed by atoms with van der Waals surface area (Å²) in [6.45, 7) is 2.54. The van der Waals surface area contributed by atoms with Crippen LogP contribution in [0, 0.1) is 0 Å². The maximum Gasteiger partial charge on any atom is 0.320 e. The maximum absolute atomic E-state index is 11.1. The molecular weight excluding hydrogens is 240 g/mol. The fourth-order valence-corrected chi connectivity index (χ4v) is 2.08. The standard InChI is InChI=1S/C15H18N2O2/c1-2-4-14(15(18)19)17-10-11-6-7-13-12(9-11)5-3-8-16-13/h3,5-9,14,17H,2,4,10H2,1H3,(H,18,19)/t14-/m1/s1. The molecule has 1 aromatic carbocycles. The van der Waals surface area contributed by atoms with Crippen LogP contribution >= 0.6 is 0 Å². The Morgan fingerprint density at radius 1 is 1.42 bits per heavy atom. The maximum atomic E-state index is 11.1. The van der Waals surface area contributed by atoms with Gasteiger partial charge in [0.25, 0.3) is 0 Å². The van der Waals surface area contributed by atoms with Crippen LogP contribution in [0.4, 0.5) is 0 Å². The molecule has 0 spiro atoms. The lowest BCUT2D eigenvalue weighted by Gasteiger charge is -2.13. The Morgan fingerprint density at radius 3 is 3.00 bits per heavy atom. The van der Waals surface area contributed by atoms with Gasteiger partial charge in [0.1, 0.15) is 6.04 Å². The number of nitrogens with zero attached hydrogens (tertiary/aromatic N) is 1. The van der Waals surface area contributed by atoms with Gasteiger partial charge < -0.3 is 10.4 Å². The zero-order valence-electron chi connectivity index (χ0n) is 11.0. The van der Waals surface area contributed by atoms with E-state index < -0.39 is 12.0 Å². The van der Waals surface area contributed by atoms with Crippen molar-refractivity contribution in [1.29, 1.82) is 0 Å². The summed E-state index contributed by atoms with van der Waals surface area (Å²) in [5, 5.41) is 13.2. The molecule has 0 unspecified atom stereocenters. The summed E-state index contributed by atoms with van der Waals surface area (Å²) in [6.07, 6.45) is 3.26. The van der Waals surface area contributed by atoms with Gasteiger partial charge in [-0.05, 0) is 30.2 Å². The first kappa shape index (κ1) is 13.5. The summed E-state index contributed by atoms with van der Waals surface area (Å²) < 4.78 is 0. The van der Waals surface area contributed by atoms with E-state index in [0.717, 1.165) is 22.9 Å². The summed E-state index contributed by atoms with van der Waals surface area (Å²) in [5.74, 6) is -0.788. The second-order valence-electron chi connectivity index (χ2n) is 4.59. The van der Waals surface area contributed by atoms with Crippen LogP contribution < -0.4 is 5.32 Å². The summed E-state index contributed by atoms with van der Waals surface area (Å²) in [7, 11) is 0. The van der Waals surface area contributed by atoms with Gasteiger partial charge in [-0.3, -0.25) is 9.78 Å². The monoisotopic (exact) mass is 258 g/mol. The topological polar surface area (TPSA) is 62.2 Å². The molecule has 1 aromatic heterocycles. The van der Waals surface area contributed by atoms with E-state index in [1.165, 1.54) is 0 Å². The molecule has 0 fully saturated rings. The first-order valence-electron chi connectivity index (χ1n) is 6.50. The molecule has 0 saturated carbocycles. The molecule has 0 amide bonds. The second kappa shape index (κ2) is 6.29. The first-order chi connectivity index (χ1) is 9.20. The number of carboxylic acid groups (broad SMARTS) is 1. The predicted octanol–water partition coefficient (Wildman–Crippen LogP) is 2.58. The largest absolute Gasteiger partial charge is 0.480 e. The van der Waals surface area contributed by atoms with Crippen molar-refractivity contribution in [3.05, 3.63) is 42.1 Å². The molecule has 1 heterocycles. The van der Waals surface area contributed by atoms with Crippen LogP contribution in [0.25, 0.3) is 10.9 Å². The molecule has 0 aliphatic carbocycles. The Kier molecular flexibility index (Phi) is 4.47. The highest BCUT2D eigenvalue weighted by Gasteiger charge is 2.14. The molecule has 2 aromatic rings. The number of nitrogens with one attached hydrogen (secondary N) is 1. The molecular formula is C15H18N2O2. The van der Waals surface area contributed by atoms with Crippen molar-refractivity contribution in [3.8, 4) is 0 Å². The normalized spacial score (nSPS) is 12.5. The number of benzene rings is 1. The number of carboxylic acids is 1. The molecule has 4 nitrogen and oxygen atoms in total. The molecule has 0 bridgehead atoms. The van der Waals surface area contributed by atoms with Gasteiger partial charge in [0.2, 0.25) is 0 Å². The number of fused-ring (bicyclic) bond motifs is 1. The highest BCUT2D eigenvalue weighted by Crippen LogP contribution is 2.13. The van der Waals surface area contributed by atoms with E-state index in [-0.39, 0.29) is 0 Å². The molecule has 0 aliphatic rings. The Morgan fingerprint density at radius 2 is 2.26 bits per heavy atom. The van der Waals surface area contributed by atoms with E-state index in [4.69, 9.17) is 5.11 Å². The van der Waals surface area contributed by atoms with E-state index in [0.29, 0.717) is 13.0 Å². The van der Waals surface area contributed by atoms with Crippen molar-refractivity contribution < 1.29 is 9.90 Å². The molecule has 1 atom stereocenters. The fourth-order valence-electron chi connectivity index (χ4n) is 2.08. The molecule has 0 radical (unpaired) electrons. The number of aliphatic carboxylic acids is 1. The number of pyridine rings is 1. The van der Waals surface area contributed by atoms with Crippen molar-refractivity contribution >= 4 is 16.9 Å². The van der Waals surface area contributed by atoms with Crippen LogP contribution in [0.15, 0.2) is 36.5 Å². The van der Waals surface area contributed by atoms with Crippen molar-refractivity contribution in [2.75, 3.05) is 0 Å². The summed E-state index contributed by atoms with van der Waals surface area (Å²) in [6, 6.07) is 9.41. The third-order valence-electron chi connectivity index (χ3n) is 3.10. The van der Waals surface area contributed by atoms with Gasteiger partial charge in [-0.2, -0.15) is 0 Å². The number of aromatic nitrogens is 1. The van der Waals surface area contributed by atoms with Crippen molar-refractivity contribution in [2.45, 2.75) is 32.4 Å². The number of hydrogen-bond donors (Lipinski definition) is 2. The minimum absolute atomic E-state index is 0.477. The molecule has 100 valence electrons. The SMILES string of the molecule is CCC[C@@H](NCc1ccc2ncccc2c1)C(=O)O. The summed E-state index contributed by atoms with van der Waals surface area (Å²) in [4.78, 5) is 15.3. The lowest BCUT2D eigenvalue weighted by Crippen LogP contribution is -2.35. The fraction of sp³-hybridized carbons (Fsp3) is 0.333. The highest BCUT2D eigenvalue weighted by molar-refractivity contribution is 5.79. The number of hydrogen-bond acceptors (Lipinski definition) is 3. The van der Waals surface area contributed by atoms with Crippen molar-refractivity contribution in [3.63, 3.8) is 0 Å². The average Bonchev–Trinajstić information content (AvgIpc) is 2.43. The molecule has 2 N–H and O–H groups in total. The van der Waals surface area contributed by atoms with Crippen LogP contribution in [-0.4, -0.2) is 22.1 Å². The zero-order valence-corrected chi connectivity index (χ0v) is 11.0. The van der Waals surface area contributed by atoms with Crippen LogP contribution in [0.5, 0.6) is 0 Å². The minimum Gasteiger partial charge on any atom is -0.480 e. The number of carbonyl (C=O) groups is 1. The second-order valence-corrected chi connectivity index (χ2v) is 4.59. The van der Waals surface area contributed by atoms with Crippen molar-refractivity contribution in [1.82, 2.24) is 10.3 Å². The van der Waals surface area contributed by atoms with Gasteiger partial charge >= 0.3 is 5.97 Å². The lowest BCUT2D eigenvalue weighted by atomic mass is 10.1. The Balaban J connectivity index is 2.06. The van der Waals surface area contributed by atoms with Gasteiger partial charge in [-0.25, -0.2) is 0 Å². The third kappa shape index (κ3) is 3.51. The lowest BCUT2D eigenvalue weighted by molar-refractivity contribution is -0.139. The predicted molar refractivity (Wildman–Crippen MR) is 74.9 cm³/mol. The van der Waals surface area contributed by atoms with E-state index in [1.54, 1.807) is 6.20 Å². The summed E-state index contributed by atoms with van der Waals surface area (Å²) in [5.41, 5.74) is 2.03. The minimum atomic E-state index is -0.788. The molecule has 2 rings (SSSR count). The summed E-state index contributed by atoms with van der Waals surface area (Å²) >= 11 is 0. The van der Waals surface area contributed by atoms with Crippen LogP contribution in [0.3, 0.4) is 0 Å². The van der Waals surface area contributed by atoms with E-state index in [9.17, 15) is 4.79 Å². The smallest absolute Gasteiger partial charge is 0.320 e. The first-order valence-corrected chi connectivity index (χ1v) is 6.50. The van der Waals surface area contributed by atoms with E-state index in [2.05, 4.69) is 10.3 Å². The Bertz CT molecular complexity index is 569. The van der Waals surface area contributed by atoms with Gasteiger partial charge in [-0.1, -0.05) is 25.5 Å². The Hall–Kier alpha value is -1.94. The van der Waals surface area contributed by atoms with Crippen LogP contribution in [-0.2, 0) is 11.3 Å². The third-order valence-corrected chi connectivity index (χ3v) is 3.10.